The van der Waals surface area contributed by atoms with Gasteiger partial charge in [-0.3, -0.25) is 19.4 Å². The van der Waals surface area contributed by atoms with E-state index >= 15 is 0 Å². The van der Waals surface area contributed by atoms with Gasteiger partial charge < -0.3 is 16.4 Å². The van der Waals surface area contributed by atoms with E-state index in [1.807, 2.05) is 0 Å². The van der Waals surface area contributed by atoms with Crippen LogP contribution >= 0.6 is 0 Å². The van der Waals surface area contributed by atoms with Crippen LogP contribution in [0.1, 0.15) is 10.5 Å². The van der Waals surface area contributed by atoms with Gasteiger partial charge in [-0.15, -0.1) is 0 Å². The number of hydrogen-bond acceptors (Lipinski definition) is 5. The Hall–Kier alpha value is -2.51. The van der Waals surface area contributed by atoms with Crippen LogP contribution in [0.15, 0.2) is 18.6 Å². The molecule has 0 aliphatic heterocycles. The predicted octanol–water partition coefficient (Wildman–Crippen LogP) is -2.19. The van der Waals surface area contributed by atoms with Crippen molar-refractivity contribution in [3.63, 3.8) is 0 Å². The molecule has 0 spiro atoms. The van der Waals surface area contributed by atoms with Crippen LogP contribution in [0.25, 0.3) is 0 Å². The minimum absolute atomic E-state index is 0.107. The molecule has 0 fully saturated rings. The third kappa shape index (κ3) is 4.69. The van der Waals surface area contributed by atoms with Gasteiger partial charge in [0, 0.05) is 12.4 Å². The second kappa shape index (κ2) is 6.16. The van der Waals surface area contributed by atoms with Gasteiger partial charge in [-0.2, -0.15) is 0 Å². The number of nitrogens with two attached hydrogens (primary N) is 1. The van der Waals surface area contributed by atoms with Crippen LogP contribution in [0.5, 0.6) is 0 Å². The van der Waals surface area contributed by atoms with Crippen LogP contribution in [-0.2, 0) is 9.59 Å². The van der Waals surface area contributed by atoms with Gasteiger partial charge in [-0.1, -0.05) is 0 Å². The van der Waals surface area contributed by atoms with E-state index in [-0.39, 0.29) is 18.8 Å². The van der Waals surface area contributed by atoms with Crippen LogP contribution in [0.2, 0.25) is 0 Å². The van der Waals surface area contributed by atoms with Crippen molar-refractivity contribution in [3.05, 3.63) is 24.3 Å². The third-order valence-corrected chi connectivity index (χ3v) is 1.67. The highest BCUT2D eigenvalue weighted by atomic mass is 16.2. The molecule has 1 rings (SSSR count). The maximum absolute atomic E-state index is 11.4. The lowest BCUT2D eigenvalue weighted by molar-refractivity contribution is -0.124. The second-order valence-corrected chi connectivity index (χ2v) is 3.02. The zero-order valence-corrected chi connectivity index (χ0v) is 8.84. The maximum atomic E-state index is 11.4. The zero-order chi connectivity index (χ0) is 12.7. The molecule has 90 valence electrons. The number of rotatable bonds is 5. The standard InChI is InChI=1S/C9H11N5O3/c10-7(15)4-13-8(16)5-14-9(17)6-3-11-1-2-12-6/h1-3H,4-5H2,(H2,10,15)(H,13,16)(H,14,17). The van der Waals surface area contributed by atoms with E-state index in [1.165, 1.54) is 18.6 Å². The number of hydrogen-bond donors (Lipinski definition) is 3. The van der Waals surface area contributed by atoms with Gasteiger partial charge in [-0.25, -0.2) is 4.98 Å². The Bertz CT molecular complexity index is 420. The van der Waals surface area contributed by atoms with Gasteiger partial charge >= 0.3 is 0 Å². The first-order valence-electron chi connectivity index (χ1n) is 4.69. The lowest BCUT2D eigenvalue weighted by Gasteiger charge is -2.04. The fourth-order valence-electron chi connectivity index (χ4n) is 0.916. The summed E-state index contributed by atoms with van der Waals surface area (Å²) in [6, 6.07) is 0. The molecule has 17 heavy (non-hydrogen) atoms. The van der Waals surface area contributed by atoms with Gasteiger partial charge in [0.1, 0.15) is 5.69 Å². The Morgan fingerprint density at radius 1 is 1.18 bits per heavy atom. The molecule has 3 amide bonds. The molecule has 0 atom stereocenters. The van der Waals surface area contributed by atoms with E-state index in [0.717, 1.165) is 0 Å². The van der Waals surface area contributed by atoms with Gasteiger partial charge in [0.15, 0.2) is 0 Å². The third-order valence-electron chi connectivity index (χ3n) is 1.67. The molecule has 4 N–H and O–H groups in total. The number of aromatic nitrogens is 2. The van der Waals surface area contributed by atoms with Crippen molar-refractivity contribution in [2.24, 2.45) is 5.73 Å². The highest BCUT2D eigenvalue weighted by Gasteiger charge is 2.09. The Kier molecular flexibility index (Phi) is 4.55. The molecule has 1 aromatic rings. The monoisotopic (exact) mass is 237 g/mol. The van der Waals surface area contributed by atoms with Crippen LogP contribution < -0.4 is 16.4 Å². The molecule has 1 heterocycles. The molecule has 0 unspecified atom stereocenters. The van der Waals surface area contributed by atoms with E-state index < -0.39 is 17.7 Å². The van der Waals surface area contributed by atoms with Gasteiger partial charge in [-0.05, 0) is 0 Å². The number of nitrogens with zero attached hydrogens (tertiary/aromatic N) is 2. The first-order valence-corrected chi connectivity index (χ1v) is 4.69. The van der Waals surface area contributed by atoms with Gasteiger partial charge in [0.25, 0.3) is 5.91 Å². The lowest BCUT2D eigenvalue weighted by Crippen LogP contribution is -2.40. The van der Waals surface area contributed by atoms with Crippen molar-refractivity contribution in [1.82, 2.24) is 20.6 Å². The summed E-state index contributed by atoms with van der Waals surface area (Å²) in [5.41, 5.74) is 4.94. The number of carbonyl (C=O) groups is 3. The minimum atomic E-state index is -0.654. The Balaban J connectivity index is 2.34. The fraction of sp³-hybridized carbons (Fsp3) is 0.222. The molecule has 0 bridgehead atoms. The second-order valence-electron chi connectivity index (χ2n) is 3.02. The number of primary amides is 1. The zero-order valence-electron chi connectivity index (χ0n) is 8.84. The molecule has 0 radical (unpaired) electrons. The van der Waals surface area contributed by atoms with Crippen LogP contribution in [-0.4, -0.2) is 40.8 Å². The van der Waals surface area contributed by atoms with Crippen LogP contribution in [0, 0.1) is 0 Å². The van der Waals surface area contributed by atoms with E-state index in [9.17, 15) is 14.4 Å². The van der Waals surface area contributed by atoms with Crippen molar-refractivity contribution in [3.8, 4) is 0 Å². The summed E-state index contributed by atoms with van der Waals surface area (Å²) in [5, 5.41) is 4.54. The average Bonchev–Trinajstić information content (AvgIpc) is 2.34. The van der Waals surface area contributed by atoms with Gasteiger partial charge in [0.2, 0.25) is 11.8 Å². The molecular weight excluding hydrogens is 226 g/mol. The normalized spacial score (nSPS) is 9.41. The van der Waals surface area contributed by atoms with Crippen molar-refractivity contribution in [2.75, 3.05) is 13.1 Å². The maximum Gasteiger partial charge on any atom is 0.271 e. The van der Waals surface area contributed by atoms with Crippen molar-refractivity contribution < 1.29 is 14.4 Å². The molecule has 0 aliphatic rings. The lowest BCUT2D eigenvalue weighted by atomic mass is 10.4. The first-order chi connectivity index (χ1) is 8.09. The SMILES string of the molecule is NC(=O)CNC(=O)CNC(=O)c1cnccn1. The van der Waals surface area contributed by atoms with Gasteiger partial charge in [0.05, 0.1) is 19.3 Å². The minimum Gasteiger partial charge on any atom is -0.368 e. The summed E-state index contributed by atoms with van der Waals surface area (Å²) in [6.07, 6.45) is 4.06. The highest BCUT2D eigenvalue weighted by Crippen LogP contribution is 1.88. The number of carbonyl (C=O) groups excluding carboxylic acids is 3. The molecule has 0 saturated carbocycles. The van der Waals surface area contributed by atoms with E-state index in [4.69, 9.17) is 5.73 Å². The molecule has 8 heteroatoms. The summed E-state index contributed by atoms with van der Waals surface area (Å²) in [7, 11) is 0. The average molecular weight is 237 g/mol. The van der Waals surface area contributed by atoms with Crippen molar-refractivity contribution >= 4 is 17.7 Å². The molecule has 8 nitrogen and oxygen atoms in total. The van der Waals surface area contributed by atoms with E-state index in [2.05, 4.69) is 20.6 Å². The predicted molar refractivity (Wildman–Crippen MR) is 56.6 cm³/mol. The molecule has 0 aliphatic carbocycles. The summed E-state index contributed by atoms with van der Waals surface area (Å²) in [5.74, 6) is -1.69. The topological polar surface area (TPSA) is 127 Å². The molecule has 1 aromatic heterocycles. The fourth-order valence-corrected chi connectivity index (χ4v) is 0.916. The summed E-state index contributed by atoms with van der Waals surface area (Å²) in [4.78, 5) is 40.3. The number of nitrogens with one attached hydrogen (secondary N) is 2. The Morgan fingerprint density at radius 2 is 1.94 bits per heavy atom. The van der Waals surface area contributed by atoms with Crippen LogP contribution in [0.3, 0.4) is 0 Å². The van der Waals surface area contributed by atoms with E-state index in [1.54, 1.807) is 0 Å². The van der Waals surface area contributed by atoms with Crippen molar-refractivity contribution in [2.45, 2.75) is 0 Å². The Morgan fingerprint density at radius 3 is 2.53 bits per heavy atom. The molecular formula is C9H11N5O3. The van der Waals surface area contributed by atoms with E-state index in [0.29, 0.717) is 0 Å². The largest absolute Gasteiger partial charge is 0.368 e. The van der Waals surface area contributed by atoms with Crippen LogP contribution in [0.4, 0.5) is 0 Å². The molecule has 0 saturated heterocycles. The summed E-state index contributed by atoms with van der Waals surface area (Å²) >= 11 is 0. The van der Waals surface area contributed by atoms with Crippen molar-refractivity contribution in [1.29, 1.82) is 0 Å². The highest BCUT2D eigenvalue weighted by molar-refractivity contribution is 5.95. The summed E-state index contributed by atoms with van der Waals surface area (Å²) < 4.78 is 0. The first kappa shape index (κ1) is 12.6. The molecule has 0 aromatic carbocycles. The smallest absolute Gasteiger partial charge is 0.271 e. The Labute approximate surface area is 96.6 Å². The quantitative estimate of drug-likeness (QED) is 0.536. The number of amides is 3. The summed E-state index contributed by atoms with van der Waals surface area (Å²) in [6.45, 7) is -0.525.